The molecule has 6 heteroatoms. The Balaban J connectivity index is 2.66. The van der Waals surface area contributed by atoms with Crippen molar-refractivity contribution in [3.8, 4) is 0 Å². The molecule has 5 nitrogen and oxygen atoms in total. The molecule has 126 valence electrons. The summed E-state index contributed by atoms with van der Waals surface area (Å²) in [6.45, 7) is 7.35. The van der Waals surface area contributed by atoms with E-state index in [0.717, 1.165) is 5.57 Å². The number of amides is 2. The van der Waals surface area contributed by atoms with Crippen molar-refractivity contribution < 1.29 is 9.59 Å². The number of hydrogen-bond donors (Lipinski definition) is 2. The highest BCUT2D eigenvalue weighted by atomic mass is 35.5. The van der Waals surface area contributed by atoms with Gasteiger partial charge in [-0.2, -0.15) is 5.10 Å². The first-order valence-corrected chi connectivity index (χ1v) is 7.69. The van der Waals surface area contributed by atoms with E-state index in [0.29, 0.717) is 22.7 Å². The first-order valence-electron chi connectivity index (χ1n) is 7.31. The third kappa shape index (κ3) is 6.62. The second-order valence-corrected chi connectivity index (χ2v) is 5.28. The molecule has 0 aliphatic carbocycles. The molecule has 1 aromatic carbocycles. The van der Waals surface area contributed by atoms with Crippen molar-refractivity contribution >= 4 is 29.6 Å². The van der Waals surface area contributed by atoms with Crippen LogP contribution in [0.5, 0.6) is 0 Å². The van der Waals surface area contributed by atoms with Gasteiger partial charge in [-0.05, 0) is 37.1 Å². The SMILES string of the molecule is C=C/C(C)=C(\C/C=C\C)NC(=O)C(=O)N/N=C/c1cccc(Cl)c1. The summed E-state index contributed by atoms with van der Waals surface area (Å²) in [4.78, 5) is 23.7. The molecule has 1 rings (SSSR count). The third-order valence-corrected chi connectivity index (χ3v) is 3.27. The van der Waals surface area contributed by atoms with Crippen molar-refractivity contribution in [2.24, 2.45) is 5.10 Å². The average Bonchev–Trinajstić information content (AvgIpc) is 2.57. The summed E-state index contributed by atoms with van der Waals surface area (Å²) in [5, 5.41) is 6.87. The second-order valence-electron chi connectivity index (χ2n) is 4.85. The molecule has 0 fully saturated rings. The van der Waals surface area contributed by atoms with E-state index in [-0.39, 0.29) is 0 Å². The Morgan fingerprint density at radius 2 is 2.08 bits per heavy atom. The van der Waals surface area contributed by atoms with E-state index in [9.17, 15) is 9.59 Å². The topological polar surface area (TPSA) is 70.6 Å². The van der Waals surface area contributed by atoms with Crippen LogP contribution < -0.4 is 10.7 Å². The minimum Gasteiger partial charge on any atom is -0.321 e. The fourth-order valence-electron chi connectivity index (χ4n) is 1.67. The van der Waals surface area contributed by atoms with Crippen molar-refractivity contribution in [3.63, 3.8) is 0 Å². The summed E-state index contributed by atoms with van der Waals surface area (Å²) >= 11 is 5.85. The molecular weight excluding hydrogens is 326 g/mol. The number of allylic oxidation sites excluding steroid dienone is 4. The number of rotatable bonds is 6. The van der Waals surface area contributed by atoms with Gasteiger partial charge in [0.2, 0.25) is 0 Å². The maximum atomic E-state index is 11.9. The number of nitrogens with one attached hydrogen (secondary N) is 2. The van der Waals surface area contributed by atoms with Gasteiger partial charge >= 0.3 is 11.8 Å². The molecule has 0 aromatic heterocycles. The monoisotopic (exact) mass is 345 g/mol. The lowest BCUT2D eigenvalue weighted by Crippen LogP contribution is -2.37. The molecule has 0 heterocycles. The van der Waals surface area contributed by atoms with Gasteiger partial charge in [0, 0.05) is 17.1 Å². The molecule has 1 aromatic rings. The van der Waals surface area contributed by atoms with E-state index < -0.39 is 11.8 Å². The minimum absolute atomic E-state index is 0.499. The first kappa shape index (κ1) is 19.4. The Morgan fingerprint density at radius 3 is 2.71 bits per heavy atom. The number of benzene rings is 1. The molecule has 0 bridgehead atoms. The van der Waals surface area contributed by atoms with Crippen LogP contribution in [0.3, 0.4) is 0 Å². The predicted molar refractivity (Wildman–Crippen MR) is 97.7 cm³/mol. The molecular formula is C18H20ClN3O2. The zero-order valence-electron chi connectivity index (χ0n) is 13.7. The van der Waals surface area contributed by atoms with Gasteiger partial charge in [0.15, 0.2) is 0 Å². The number of hydrogen-bond acceptors (Lipinski definition) is 3. The van der Waals surface area contributed by atoms with Crippen molar-refractivity contribution in [3.05, 3.63) is 70.9 Å². The van der Waals surface area contributed by atoms with Gasteiger partial charge in [-0.25, -0.2) is 5.43 Å². The van der Waals surface area contributed by atoms with Gasteiger partial charge in [-0.15, -0.1) is 0 Å². The highest BCUT2D eigenvalue weighted by molar-refractivity contribution is 6.35. The molecule has 0 unspecified atom stereocenters. The first-order chi connectivity index (χ1) is 11.5. The van der Waals surface area contributed by atoms with Crippen LogP contribution in [0.25, 0.3) is 0 Å². The van der Waals surface area contributed by atoms with E-state index in [1.54, 1.807) is 37.3 Å². The smallest absolute Gasteiger partial charge is 0.321 e. The van der Waals surface area contributed by atoms with E-state index in [1.807, 2.05) is 19.1 Å². The predicted octanol–water partition coefficient (Wildman–Crippen LogP) is 3.33. The molecule has 24 heavy (non-hydrogen) atoms. The van der Waals surface area contributed by atoms with Gasteiger partial charge in [-0.1, -0.05) is 48.5 Å². The highest BCUT2D eigenvalue weighted by Crippen LogP contribution is 2.09. The molecule has 0 saturated carbocycles. The molecule has 0 aliphatic heterocycles. The van der Waals surface area contributed by atoms with E-state index in [2.05, 4.69) is 22.4 Å². The molecule has 0 saturated heterocycles. The summed E-state index contributed by atoms with van der Waals surface area (Å²) in [5.74, 6) is -1.65. The Hall–Kier alpha value is -2.66. The second kappa shape index (κ2) is 10.2. The van der Waals surface area contributed by atoms with Crippen LogP contribution in [0.15, 0.2) is 65.4 Å². The molecule has 0 atom stereocenters. The molecule has 2 N–H and O–H groups in total. The van der Waals surface area contributed by atoms with Crippen molar-refractivity contribution in [2.45, 2.75) is 20.3 Å². The Bertz CT molecular complexity index is 706. The lowest BCUT2D eigenvalue weighted by atomic mass is 10.1. The fraction of sp³-hybridized carbons (Fsp3) is 0.167. The largest absolute Gasteiger partial charge is 0.329 e. The number of halogens is 1. The van der Waals surface area contributed by atoms with Crippen LogP contribution >= 0.6 is 11.6 Å². The van der Waals surface area contributed by atoms with Gasteiger partial charge < -0.3 is 5.32 Å². The lowest BCUT2D eigenvalue weighted by Gasteiger charge is -2.09. The zero-order chi connectivity index (χ0) is 17.9. The van der Waals surface area contributed by atoms with Gasteiger partial charge in [-0.3, -0.25) is 9.59 Å². The van der Waals surface area contributed by atoms with Crippen molar-refractivity contribution in [2.75, 3.05) is 0 Å². The number of hydrazone groups is 1. The maximum Gasteiger partial charge on any atom is 0.329 e. The van der Waals surface area contributed by atoms with Crippen LogP contribution in [-0.2, 0) is 9.59 Å². The van der Waals surface area contributed by atoms with E-state index in [1.165, 1.54) is 6.21 Å². The van der Waals surface area contributed by atoms with Crippen LogP contribution in [0.1, 0.15) is 25.8 Å². The number of nitrogens with zero attached hydrogens (tertiary/aromatic N) is 1. The quantitative estimate of drug-likeness (QED) is 0.273. The van der Waals surface area contributed by atoms with E-state index >= 15 is 0 Å². The van der Waals surface area contributed by atoms with Crippen LogP contribution in [-0.4, -0.2) is 18.0 Å². The molecule has 0 aliphatic rings. The van der Waals surface area contributed by atoms with Crippen LogP contribution in [0.4, 0.5) is 0 Å². The maximum absolute atomic E-state index is 11.9. The third-order valence-electron chi connectivity index (χ3n) is 3.04. The molecule has 0 spiro atoms. The van der Waals surface area contributed by atoms with E-state index in [4.69, 9.17) is 11.6 Å². The molecule has 2 amide bonds. The number of carbonyl (C=O) groups excluding carboxylic acids is 2. The average molecular weight is 346 g/mol. The highest BCUT2D eigenvalue weighted by Gasteiger charge is 2.14. The Labute approximate surface area is 146 Å². The Morgan fingerprint density at radius 1 is 1.33 bits per heavy atom. The number of carbonyl (C=O) groups is 2. The van der Waals surface area contributed by atoms with Crippen LogP contribution in [0.2, 0.25) is 5.02 Å². The van der Waals surface area contributed by atoms with Crippen molar-refractivity contribution in [1.29, 1.82) is 0 Å². The molecule has 0 radical (unpaired) electrons. The normalized spacial score (nSPS) is 12.1. The van der Waals surface area contributed by atoms with Gasteiger partial charge in [0.25, 0.3) is 0 Å². The summed E-state index contributed by atoms with van der Waals surface area (Å²) in [7, 11) is 0. The minimum atomic E-state index is -0.858. The zero-order valence-corrected chi connectivity index (χ0v) is 14.4. The summed E-state index contributed by atoms with van der Waals surface area (Å²) in [5.41, 5.74) is 4.29. The summed E-state index contributed by atoms with van der Waals surface area (Å²) in [6, 6.07) is 6.94. The Kier molecular flexibility index (Phi) is 8.22. The fourth-order valence-corrected chi connectivity index (χ4v) is 1.87. The standard InChI is InChI=1S/C18H20ClN3O2/c1-4-6-10-16(13(3)5-2)21-17(23)18(24)22-20-12-14-8-7-9-15(19)11-14/h4-9,11-12H,2,10H2,1,3H3,(H,21,23)(H,22,24)/b6-4-,16-13+,20-12+. The lowest BCUT2D eigenvalue weighted by molar-refractivity contribution is -0.138. The van der Waals surface area contributed by atoms with Gasteiger partial charge in [0.1, 0.15) is 0 Å². The van der Waals surface area contributed by atoms with Gasteiger partial charge in [0.05, 0.1) is 6.21 Å². The van der Waals surface area contributed by atoms with Crippen LogP contribution in [0, 0.1) is 0 Å². The summed E-state index contributed by atoms with van der Waals surface area (Å²) < 4.78 is 0. The van der Waals surface area contributed by atoms with Crippen molar-refractivity contribution in [1.82, 2.24) is 10.7 Å². The summed E-state index contributed by atoms with van der Waals surface area (Å²) in [6.07, 6.45) is 7.26.